The molecule has 9 heteroatoms. The molecule has 0 bridgehead atoms. The van der Waals surface area contributed by atoms with Gasteiger partial charge in [-0.1, -0.05) is 35.3 Å². The molecule has 2 heterocycles. The maximum absolute atomic E-state index is 12.5. The van der Waals surface area contributed by atoms with Crippen molar-refractivity contribution in [1.82, 2.24) is 14.8 Å². The van der Waals surface area contributed by atoms with Gasteiger partial charge in [0.1, 0.15) is 17.5 Å². The number of hydrogen-bond acceptors (Lipinski definition) is 4. The fraction of sp³-hybridized carbons (Fsp3) is 0.238. The third kappa shape index (κ3) is 4.56. The van der Waals surface area contributed by atoms with Gasteiger partial charge in [-0.05, 0) is 43.0 Å². The first-order valence-electron chi connectivity index (χ1n) is 9.18. The van der Waals surface area contributed by atoms with E-state index in [0.29, 0.717) is 40.1 Å². The zero-order valence-corrected chi connectivity index (χ0v) is 17.9. The minimum Gasteiger partial charge on any atom is -0.325 e. The molecule has 1 amide bonds. The maximum atomic E-state index is 12.5. The van der Waals surface area contributed by atoms with Gasteiger partial charge in [0.15, 0.2) is 0 Å². The lowest BCUT2D eigenvalue weighted by Gasteiger charge is -2.12. The summed E-state index contributed by atoms with van der Waals surface area (Å²) in [5.41, 5.74) is 2.50. The third-order valence-corrected chi connectivity index (χ3v) is 5.72. The largest absolute Gasteiger partial charge is 0.325 e. The minimum atomic E-state index is -0.413. The summed E-state index contributed by atoms with van der Waals surface area (Å²) in [6.45, 7) is 3.83. The molecule has 2 N–H and O–H groups in total. The van der Waals surface area contributed by atoms with Crippen LogP contribution in [0.2, 0.25) is 10.0 Å². The van der Waals surface area contributed by atoms with Crippen molar-refractivity contribution < 1.29 is 4.79 Å². The lowest BCUT2D eigenvalue weighted by atomic mass is 9.99. The van der Waals surface area contributed by atoms with Crippen LogP contribution in [-0.2, 0) is 17.8 Å². The van der Waals surface area contributed by atoms with Gasteiger partial charge in [0.25, 0.3) is 5.56 Å². The van der Waals surface area contributed by atoms with Crippen LogP contribution in [0, 0.1) is 25.2 Å². The Morgan fingerprint density at radius 2 is 2.07 bits per heavy atom. The summed E-state index contributed by atoms with van der Waals surface area (Å²) < 4.78 is 1.62. The molecule has 0 aliphatic heterocycles. The van der Waals surface area contributed by atoms with E-state index in [1.165, 1.54) is 0 Å². The molecule has 7 nitrogen and oxygen atoms in total. The van der Waals surface area contributed by atoms with E-state index in [1.54, 1.807) is 42.9 Å². The number of anilines is 1. The molecular formula is C21H19Cl2N5O2. The van der Waals surface area contributed by atoms with Crippen molar-refractivity contribution in [2.75, 3.05) is 5.32 Å². The molecule has 3 aromatic rings. The third-order valence-electron chi connectivity index (χ3n) is 4.86. The van der Waals surface area contributed by atoms with Crippen LogP contribution in [0.3, 0.4) is 0 Å². The second kappa shape index (κ2) is 9.16. The van der Waals surface area contributed by atoms with E-state index in [9.17, 15) is 14.9 Å². The van der Waals surface area contributed by atoms with E-state index >= 15 is 0 Å². The first-order valence-corrected chi connectivity index (χ1v) is 9.94. The van der Waals surface area contributed by atoms with Crippen molar-refractivity contribution in [2.24, 2.45) is 0 Å². The molecule has 154 valence electrons. The van der Waals surface area contributed by atoms with Gasteiger partial charge in [-0.2, -0.15) is 10.4 Å². The molecule has 0 spiro atoms. The van der Waals surface area contributed by atoms with E-state index in [2.05, 4.69) is 15.4 Å². The number of nitriles is 1. The van der Waals surface area contributed by atoms with Crippen LogP contribution in [-0.4, -0.2) is 20.7 Å². The number of rotatable bonds is 6. The summed E-state index contributed by atoms with van der Waals surface area (Å²) >= 11 is 12.3. The molecule has 0 atom stereocenters. The molecule has 1 aromatic carbocycles. The standard InChI is InChI=1S/C21H19Cl2N5O2/c1-12-15(13(2)26-21(30)16(12)10-24)6-7-19(29)27-18-8-9-25-28(18)11-14-4-3-5-17(22)20(14)23/h3-5,8-9H,6-7,11H2,1-2H3,(H,26,30)(H,27,29). The van der Waals surface area contributed by atoms with E-state index < -0.39 is 5.56 Å². The fourth-order valence-electron chi connectivity index (χ4n) is 3.26. The normalized spacial score (nSPS) is 10.6. The Labute approximate surface area is 183 Å². The molecule has 3 rings (SSSR count). The summed E-state index contributed by atoms with van der Waals surface area (Å²) in [7, 11) is 0. The number of nitrogens with zero attached hydrogens (tertiary/aromatic N) is 3. The molecule has 0 aliphatic carbocycles. The predicted octanol–water partition coefficient (Wildman–Crippen LogP) is 3.99. The van der Waals surface area contributed by atoms with Gasteiger partial charge in [-0.3, -0.25) is 9.59 Å². The summed E-state index contributed by atoms with van der Waals surface area (Å²) in [4.78, 5) is 27.0. The molecule has 0 unspecified atom stereocenters. The number of H-pyrrole nitrogens is 1. The number of aromatic amines is 1. The number of carbonyl (C=O) groups excluding carboxylic acids is 1. The SMILES string of the molecule is Cc1[nH]c(=O)c(C#N)c(C)c1CCC(=O)Nc1ccnn1Cc1cccc(Cl)c1Cl. The van der Waals surface area contributed by atoms with Gasteiger partial charge >= 0.3 is 0 Å². The Morgan fingerprint density at radius 3 is 2.80 bits per heavy atom. The smallest absolute Gasteiger partial charge is 0.266 e. The van der Waals surface area contributed by atoms with E-state index in [-0.39, 0.29) is 17.9 Å². The molecule has 0 radical (unpaired) electrons. The first kappa shape index (κ1) is 21.6. The van der Waals surface area contributed by atoms with Crippen molar-refractivity contribution in [1.29, 1.82) is 5.26 Å². The molecule has 0 saturated heterocycles. The van der Waals surface area contributed by atoms with Crippen LogP contribution in [0.1, 0.15) is 34.4 Å². The average Bonchev–Trinajstić information content (AvgIpc) is 3.12. The Hall–Kier alpha value is -3.08. The number of benzene rings is 1. The highest BCUT2D eigenvalue weighted by Gasteiger charge is 2.15. The number of aromatic nitrogens is 3. The fourth-order valence-corrected chi connectivity index (χ4v) is 3.64. The molecule has 0 fully saturated rings. The number of halogens is 2. The zero-order chi connectivity index (χ0) is 21.8. The van der Waals surface area contributed by atoms with Crippen molar-refractivity contribution >= 4 is 34.9 Å². The van der Waals surface area contributed by atoms with E-state index in [1.807, 2.05) is 12.1 Å². The van der Waals surface area contributed by atoms with Gasteiger partial charge in [-0.25, -0.2) is 4.68 Å². The maximum Gasteiger partial charge on any atom is 0.266 e. The van der Waals surface area contributed by atoms with Crippen molar-refractivity contribution in [3.8, 4) is 6.07 Å². The lowest BCUT2D eigenvalue weighted by molar-refractivity contribution is -0.116. The topological polar surface area (TPSA) is 104 Å². The number of aryl methyl sites for hydroxylation is 1. The highest BCUT2D eigenvalue weighted by atomic mass is 35.5. The van der Waals surface area contributed by atoms with Gasteiger partial charge in [0, 0.05) is 18.2 Å². The summed E-state index contributed by atoms with van der Waals surface area (Å²) in [6.07, 6.45) is 2.16. The highest BCUT2D eigenvalue weighted by Crippen LogP contribution is 2.26. The second-order valence-electron chi connectivity index (χ2n) is 6.80. The number of nitrogens with one attached hydrogen (secondary N) is 2. The Kier molecular flexibility index (Phi) is 6.60. The van der Waals surface area contributed by atoms with Crippen LogP contribution >= 0.6 is 23.2 Å². The summed E-state index contributed by atoms with van der Waals surface area (Å²) in [5, 5.41) is 17.2. The van der Waals surface area contributed by atoms with Crippen LogP contribution in [0.25, 0.3) is 0 Å². The Morgan fingerprint density at radius 1 is 1.30 bits per heavy atom. The molecule has 0 saturated carbocycles. The monoisotopic (exact) mass is 443 g/mol. The second-order valence-corrected chi connectivity index (χ2v) is 7.59. The van der Waals surface area contributed by atoms with Gasteiger partial charge in [0.2, 0.25) is 5.91 Å². The average molecular weight is 444 g/mol. The van der Waals surface area contributed by atoms with Crippen LogP contribution in [0.15, 0.2) is 35.3 Å². The van der Waals surface area contributed by atoms with Crippen LogP contribution < -0.4 is 10.9 Å². The molecule has 2 aromatic heterocycles. The number of hydrogen-bond donors (Lipinski definition) is 2. The van der Waals surface area contributed by atoms with Gasteiger partial charge in [0.05, 0.1) is 22.8 Å². The first-order chi connectivity index (χ1) is 14.3. The number of amides is 1. The van der Waals surface area contributed by atoms with Crippen molar-refractivity contribution in [3.05, 3.63) is 78.8 Å². The van der Waals surface area contributed by atoms with Crippen LogP contribution in [0.5, 0.6) is 0 Å². The zero-order valence-electron chi connectivity index (χ0n) is 16.4. The Bertz CT molecular complexity index is 1210. The highest BCUT2D eigenvalue weighted by molar-refractivity contribution is 6.42. The van der Waals surface area contributed by atoms with Gasteiger partial charge in [-0.15, -0.1) is 0 Å². The molecule has 30 heavy (non-hydrogen) atoms. The number of pyridine rings is 1. The van der Waals surface area contributed by atoms with E-state index in [0.717, 1.165) is 11.1 Å². The quantitative estimate of drug-likeness (QED) is 0.600. The van der Waals surface area contributed by atoms with Gasteiger partial charge < -0.3 is 10.3 Å². The van der Waals surface area contributed by atoms with Crippen molar-refractivity contribution in [2.45, 2.75) is 33.2 Å². The molecule has 0 aliphatic rings. The summed E-state index contributed by atoms with van der Waals surface area (Å²) in [6, 6.07) is 8.96. The van der Waals surface area contributed by atoms with Crippen LogP contribution in [0.4, 0.5) is 5.82 Å². The lowest BCUT2D eigenvalue weighted by Crippen LogP contribution is -2.19. The van der Waals surface area contributed by atoms with E-state index in [4.69, 9.17) is 23.2 Å². The molecular weight excluding hydrogens is 425 g/mol. The summed E-state index contributed by atoms with van der Waals surface area (Å²) in [5.74, 6) is 0.320. The number of carbonyl (C=O) groups is 1. The predicted molar refractivity (Wildman–Crippen MR) is 116 cm³/mol. The Balaban J connectivity index is 1.70. The van der Waals surface area contributed by atoms with Crippen molar-refractivity contribution in [3.63, 3.8) is 0 Å². The minimum absolute atomic E-state index is 0.0764.